The van der Waals surface area contributed by atoms with Crippen molar-refractivity contribution < 1.29 is 4.74 Å². The topological polar surface area (TPSA) is 33.5 Å². The molecule has 1 aliphatic heterocycles. The predicted molar refractivity (Wildman–Crippen MR) is 93.5 cm³/mol. The monoisotopic (exact) mass is 334 g/mol. The first-order valence-electron chi connectivity index (χ1n) is 8.17. The average molecular weight is 334 g/mol. The maximum atomic E-state index is 5.91. The minimum absolute atomic E-state index is 0.483. The minimum Gasteiger partial charge on any atom is -0.380 e. The van der Waals surface area contributed by atoms with Crippen molar-refractivity contribution in [2.45, 2.75) is 19.6 Å². The first-order valence-corrected chi connectivity index (χ1v) is 9.11. The summed E-state index contributed by atoms with van der Waals surface area (Å²) in [4.78, 5) is 4.67. The Morgan fingerprint density at radius 2 is 2.26 bits per heavy atom. The van der Waals surface area contributed by atoms with Gasteiger partial charge in [-0.15, -0.1) is 0 Å². The average Bonchev–Trinajstić information content (AvgIpc) is 3.13. The van der Waals surface area contributed by atoms with Gasteiger partial charge in [0.2, 0.25) is 0 Å². The van der Waals surface area contributed by atoms with Crippen LogP contribution in [0.3, 0.4) is 0 Å². The fourth-order valence-electron chi connectivity index (χ4n) is 2.98. The molecule has 1 unspecified atom stereocenters. The van der Waals surface area contributed by atoms with E-state index in [0.29, 0.717) is 5.92 Å². The maximum absolute atomic E-state index is 5.91. The van der Waals surface area contributed by atoms with E-state index in [1.807, 2.05) is 6.20 Å². The third-order valence-electron chi connectivity index (χ3n) is 4.16. The van der Waals surface area contributed by atoms with Gasteiger partial charge in [-0.1, -0.05) is 0 Å². The fourth-order valence-corrected chi connectivity index (χ4v) is 3.64. The van der Waals surface area contributed by atoms with Crippen molar-refractivity contribution in [1.29, 1.82) is 0 Å². The van der Waals surface area contributed by atoms with Crippen LogP contribution in [0.1, 0.15) is 11.3 Å². The highest BCUT2D eigenvalue weighted by Gasteiger charge is 2.22. The molecule has 0 radical (unpaired) electrons. The summed E-state index contributed by atoms with van der Waals surface area (Å²) < 4.78 is 8.05. The molecule has 0 fully saturated rings. The van der Waals surface area contributed by atoms with Crippen LogP contribution in [0.4, 0.5) is 0 Å². The van der Waals surface area contributed by atoms with Gasteiger partial charge in [-0.05, 0) is 42.6 Å². The van der Waals surface area contributed by atoms with Crippen LogP contribution >= 0.6 is 11.3 Å². The van der Waals surface area contributed by atoms with Gasteiger partial charge in [-0.3, -0.25) is 9.58 Å². The number of hydrogen-bond donors (Lipinski definition) is 0. The van der Waals surface area contributed by atoms with Crippen LogP contribution in [-0.2, 0) is 24.4 Å². The number of ether oxygens (including phenoxy) is 1. The first-order chi connectivity index (χ1) is 11.2. The normalized spacial score (nSPS) is 19.0. The summed E-state index contributed by atoms with van der Waals surface area (Å²) in [6.45, 7) is 6.53. The van der Waals surface area contributed by atoms with E-state index in [4.69, 9.17) is 4.74 Å². The van der Waals surface area contributed by atoms with Gasteiger partial charge in [0, 0.05) is 44.8 Å². The molecule has 0 aliphatic carbocycles. The summed E-state index contributed by atoms with van der Waals surface area (Å²) >= 11 is 1.77. The highest BCUT2D eigenvalue weighted by Crippen LogP contribution is 2.19. The van der Waals surface area contributed by atoms with Crippen molar-refractivity contribution in [2.75, 3.05) is 40.4 Å². The lowest BCUT2D eigenvalue weighted by Gasteiger charge is -2.23. The van der Waals surface area contributed by atoms with Gasteiger partial charge in [0.1, 0.15) is 0 Å². The van der Waals surface area contributed by atoms with E-state index in [1.54, 1.807) is 11.3 Å². The van der Waals surface area contributed by atoms with Crippen molar-refractivity contribution in [1.82, 2.24) is 19.6 Å². The zero-order valence-electron chi connectivity index (χ0n) is 14.0. The van der Waals surface area contributed by atoms with Gasteiger partial charge in [0.15, 0.2) is 0 Å². The van der Waals surface area contributed by atoms with E-state index in [-0.39, 0.29) is 0 Å². The molecule has 126 valence electrons. The highest BCUT2D eigenvalue weighted by molar-refractivity contribution is 7.07. The molecule has 0 bridgehead atoms. The Hall–Kier alpha value is -1.21. The molecule has 0 amide bonds. The molecule has 5 nitrogen and oxygen atoms in total. The van der Waals surface area contributed by atoms with Crippen LogP contribution in [0.15, 0.2) is 29.1 Å². The van der Waals surface area contributed by atoms with Crippen molar-refractivity contribution in [3.63, 3.8) is 0 Å². The molecule has 3 heterocycles. The minimum atomic E-state index is 0.483. The van der Waals surface area contributed by atoms with Crippen molar-refractivity contribution in [3.8, 4) is 0 Å². The van der Waals surface area contributed by atoms with E-state index in [9.17, 15) is 0 Å². The van der Waals surface area contributed by atoms with Gasteiger partial charge in [0.25, 0.3) is 0 Å². The van der Waals surface area contributed by atoms with Crippen molar-refractivity contribution in [3.05, 3.63) is 40.3 Å². The molecule has 0 aromatic carbocycles. The Kier molecular flexibility index (Phi) is 5.83. The first kappa shape index (κ1) is 16.6. The van der Waals surface area contributed by atoms with Gasteiger partial charge in [-0.25, -0.2) is 0 Å². The number of thiophene rings is 1. The molecule has 2 aromatic heterocycles. The summed E-state index contributed by atoms with van der Waals surface area (Å²) in [5.41, 5.74) is 2.70. The SMILES string of the molecule is CN(C)CCOCC1CN(Cc2ccsc2)Cc2ccnn2C1. The molecular weight excluding hydrogens is 308 g/mol. The highest BCUT2D eigenvalue weighted by atomic mass is 32.1. The fraction of sp³-hybridized carbons (Fsp3) is 0.588. The van der Waals surface area contributed by atoms with E-state index < -0.39 is 0 Å². The number of likely N-dealkylation sites (N-methyl/N-ethyl adjacent to an activating group) is 1. The van der Waals surface area contributed by atoms with Crippen molar-refractivity contribution >= 4 is 11.3 Å². The van der Waals surface area contributed by atoms with Crippen LogP contribution in [0.2, 0.25) is 0 Å². The Balaban J connectivity index is 1.60. The smallest absolute Gasteiger partial charge is 0.0593 e. The summed E-state index contributed by atoms with van der Waals surface area (Å²) in [7, 11) is 4.15. The molecule has 0 spiro atoms. The van der Waals surface area contributed by atoms with Crippen LogP contribution in [0.5, 0.6) is 0 Å². The predicted octanol–water partition coefficient (Wildman–Crippen LogP) is 2.15. The molecule has 0 N–H and O–H groups in total. The zero-order chi connectivity index (χ0) is 16.1. The molecule has 3 rings (SSSR count). The van der Waals surface area contributed by atoms with E-state index >= 15 is 0 Å². The van der Waals surface area contributed by atoms with Gasteiger partial charge >= 0.3 is 0 Å². The molecule has 0 saturated carbocycles. The molecule has 2 aromatic rings. The molecule has 0 saturated heterocycles. The van der Waals surface area contributed by atoms with E-state index in [2.05, 4.69) is 56.6 Å². The van der Waals surface area contributed by atoms with Gasteiger partial charge < -0.3 is 9.64 Å². The second kappa shape index (κ2) is 8.06. The Morgan fingerprint density at radius 3 is 3.04 bits per heavy atom. The summed E-state index contributed by atoms with van der Waals surface area (Å²) in [5.74, 6) is 0.483. The Morgan fingerprint density at radius 1 is 1.35 bits per heavy atom. The Bertz CT molecular complexity index is 581. The molecule has 6 heteroatoms. The number of fused-ring (bicyclic) bond motifs is 1. The Labute approximate surface area is 142 Å². The number of hydrogen-bond acceptors (Lipinski definition) is 5. The maximum Gasteiger partial charge on any atom is 0.0593 e. The second-order valence-corrected chi connectivity index (χ2v) is 7.33. The molecule has 1 atom stereocenters. The summed E-state index contributed by atoms with van der Waals surface area (Å²) in [6, 6.07) is 4.35. The molecule has 23 heavy (non-hydrogen) atoms. The molecule has 1 aliphatic rings. The number of rotatable bonds is 7. The molecular formula is C17H26N4OS. The lowest BCUT2D eigenvalue weighted by atomic mass is 10.1. The summed E-state index contributed by atoms with van der Waals surface area (Å²) in [6.07, 6.45) is 1.91. The van der Waals surface area contributed by atoms with Crippen LogP contribution in [0, 0.1) is 5.92 Å². The third kappa shape index (κ3) is 4.88. The lowest BCUT2D eigenvalue weighted by molar-refractivity contribution is 0.0673. The van der Waals surface area contributed by atoms with Crippen molar-refractivity contribution in [2.24, 2.45) is 5.92 Å². The standard InChI is InChI=1S/C17H26N4OS/c1-19(2)6-7-22-13-16-10-20(9-15-4-8-23-14-15)12-17-3-5-18-21(17)11-16/h3-5,8,14,16H,6-7,9-13H2,1-2H3. The van der Waals surface area contributed by atoms with E-state index in [0.717, 1.165) is 45.9 Å². The number of nitrogens with zero attached hydrogens (tertiary/aromatic N) is 4. The largest absolute Gasteiger partial charge is 0.380 e. The zero-order valence-corrected chi connectivity index (χ0v) is 14.8. The van der Waals surface area contributed by atoms with Crippen LogP contribution in [-0.4, -0.2) is 60.0 Å². The summed E-state index contributed by atoms with van der Waals surface area (Å²) in [5, 5.41) is 8.88. The lowest BCUT2D eigenvalue weighted by Crippen LogP contribution is -2.30. The second-order valence-electron chi connectivity index (χ2n) is 6.55. The third-order valence-corrected chi connectivity index (χ3v) is 4.89. The van der Waals surface area contributed by atoms with Gasteiger partial charge in [-0.2, -0.15) is 16.4 Å². The number of aromatic nitrogens is 2. The van der Waals surface area contributed by atoms with Crippen LogP contribution in [0.25, 0.3) is 0 Å². The van der Waals surface area contributed by atoms with Crippen LogP contribution < -0.4 is 0 Å². The van der Waals surface area contributed by atoms with Gasteiger partial charge in [0.05, 0.1) is 18.9 Å². The van der Waals surface area contributed by atoms with E-state index in [1.165, 1.54) is 11.3 Å². The quantitative estimate of drug-likeness (QED) is 0.727.